The maximum absolute atomic E-state index is 12.3. The maximum Gasteiger partial charge on any atom is 0.410 e. The standard InChI is InChI=1S/C16H21NO3/c1-16(2,3)20-15(19)17-10-6-9-14(17)13-8-5-4-7-12(13)11-18/h4-5,7-8,11,14H,6,9-10H2,1-3H3. The molecular formula is C16H21NO3. The molecule has 1 fully saturated rings. The van der Waals surface area contributed by atoms with Crippen LogP contribution in [0, 0.1) is 0 Å². The highest BCUT2D eigenvalue weighted by atomic mass is 16.6. The maximum atomic E-state index is 12.3. The molecule has 20 heavy (non-hydrogen) atoms. The molecule has 0 bridgehead atoms. The van der Waals surface area contributed by atoms with Crippen molar-refractivity contribution >= 4 is 12.4 Å². The van der Waals surface area contributed by atoms with Crippen LogP contribution >= 0.6 is 0 Å². The summed E-state index contributed by atoms with van der Waals surface area (Å²) in [4.78, 5) is 25.1. The van der Waals surface area contributed by atoms with Crippen molar-refractivity contribution in [2.45, 2.75) is 45.3 Å². The highest BCUT2D eigenvalue weighted by molar-refractivity contribution is 5.78. The predicted octanol–water partition coefficient (Wildman–Crippen LogP) is 3.57. The van der Waals surface area contributed by atoms with E-state index in [2.05, 4.69) is 0 Å². The first kappa shape index (κ1) is 14.6. The molecule has 0 N–H and O–H groups in total. The van der Waals surface area contributed by atoms with Gasteiger partial charge in [-0.15, -0.1) is 0 Å². The number of amides is 1. The van der Waals surface area contributed by atoms with E-state index in [-0.39, 0.29) is 12.1 Å². The average Bonchev–Trinajstić information content (AvgIpc) is 2.85. The second-order valence-electron chi connectivity index (χ2n) is 6.08. The van der Waals surface area contributed by atoms with Crippen molar-refractivity contribution in [1.82, 2.24) is 4.90 Å². The normalized spacial score (nSPS) is 18.9. The molecule has 1 aliphatic heterocycles. The molecule has 1 aromatic rings. The summed E-state index contributed by atoms with van der Waals surface area (Å²) in [5, 5.41) is 0. The quantitative estimate of drug-likeness (QED) is 0.775. The van der Waals surface area contributed by atoms with Crippen LogP contribution in [-0.2, 0) is 4.74 Å². The molecule has 0 radical (unpaired) electrons. The molecule has 0 saturated carbocycles. The number of aldehydes is 1. The van der Waals surface area contributed by atoms with Gasteiger partial charge in [-0.1, -0.05) is 24.3 Å². The number of hydrogen-bond donors (Lipinski definition) is 0. The van der Waals surface area contributed by atoms with Crippen LogP contribution in [0.3, 0.4) is 0 Å². The molecule has 0 spiro atoms. The lowest BCUT2D eigenvalue weighted by Crippen LogP contribution is -2.36. The van der Waals surface area contributed by atoms with Crippen LogP contribution in [0.4, 0.5) is 4.79 Å². The van der Waals surface area contributed by atoms with Gasteiger partial charge < -0.3 is 9.64 Å². The third-order valence-corrected chi connectivity index (χ3v) is 3.36. The lowest BCUT2D eigenvalue weighted by Gasteiger charge is -2.29. The van der Waals surface area contributed by atoms with E-state index < -0.39 is 5.60 Å². The molecule has 1 aromatic carbocycles. The van der Waals surface area contributed by atoms with Gasteiger partial charge in [0.25, 0.3) is 0 Å². The van der Waals surface area contributed by atoms with Crippen LogP contribution in [0.2, 0.25) is 0 Å². The monoisotopic (exact) mass is 275 g/mol. The van der Waals surface area contributed by atoms with Crippen LogP contribution < -0.4 is 0 Å². The minimum Gasteiger partial charge on any atom is -0.444 e. The van der Waals surface area contributed by atoms with E-state index >= 15 is 0 Å². The van der Waals surface area contributed by atoms with Crippen molar-refractivity contribution < 1.29 is 14.3 Å². The predicted molar refractivity (Wildman–Crippen MR) is 76.7 cm³/mol. The Labute approximate surface area is 119 Å². The Morgan fingerprint density at radius 1 is 1.35 bits per heavy atom. The molecule has 2 rings (SSSR count). The Morgan fingerprint density at radius 3 is 2.70 bits per heavy atom. The summed E-state index contributed by atoms with van der Waals surface area (Å²) in [7, 11) is 0. The molecule has 0 aliphatic carbocycles. The molecule has 108 valence electrons. The van der Waals surface area contributed by atoms with Gasteiger partial charge in [0.05, 0.1) is 6.04 Å². The van der Waals surface area contributed by atoms with E-state index in [1.54, 1.807) is 11.0 Å². The number of likely N-dealkylation sites (tertiary alicyclic amines) is 1. The number of hydrogen-bond acceptors (Lipinski definition) is 3. The van der Waals surface area contributed by atoms with Crippen LogP contribution in [-0.4, -0.2) is 29.4 Å². The highest BCUT2D eigenvalue weighted by Gasteiger charge is 2.33. The van der Waals surface area contributed by atoms with Gasteiger partial charge in [0.2, 0.25) is 0 Å². The van der Waals surface area contributed by atoms with Crippen LogP contribution in [0.25, 0.3) is 0 Å². The Bertz CT molecular complexity index is 505. The first-order valence-electron chi connectivity index (χ1n) is 6.96. The fraction of sp³-hybridized carbons (Fsp3) is 0.500. The number of carbonyl (C=O) groups excluding carboxylic acids is 2. The Kier molecular flexibility index (Phi) is 4.12. The summed E-state index contributed by atoms with van der Waals surface area (Å²) in [6.45, 7) is 6.24. The number of carbonyl (C=O) groups is 2. The summed E-state index contributed by atoms with van der Waals surface area (Å²) in [6, 6.07) is 7.37. The van der Waals surface area contributed by atoms with E-state index in [1.807, 2.05) is 39.0 Å². The van der Waals surface area contributed by atoms with Gasteiger partial charge in [-0.3, -0.25) is 4.79 Å². The molecule has 1 atom stereocenters. The minimum atomic E-state index is -0.506. The van der Waals surface area contributed by atoms with Gasteiger partial charge in [0, 0.05) is 12.1 Å². The van der Waals surface area contributed by atoms with Crippen molar-refractivity contribution in [3.63, 3.8) is 0 Å². The summed E-state index contributed by atoms with van der Waals surface area (Å²) >= 11 is 0. The van der Waals surface area contributed by atoms with E-state index in [0.29, 0.717) is 12.1 Å². The van der Waals surface area contributed by atoms with Gasteiger partial charge in [-0.25, -0.2) is 4.79 Å². The molecule has 1 aliphatic rings. The summed E-state index contributed by atoms with van der Waals surface area (Å²) in [6.07, 6.45) is 2.34. The molecule has 1 amide bonds. The van der Waals surface area contributed by atoms with Crippen molar-refractivity contribution in [3.05, 3.63) is 35.4 Å². The van der Waals surface area contributed by atoms with E-state index in [1.165, 1.54) is 0 Å². The van der Waals surface area contributed by atoms with E-state index in [4.69, 9.17) is 4.74 Å². The molecule has 4 nitrogen and oxygen atoms in total. The fourth-order valence-electron chi connectivity index (χ4n) is 2.55. The van der Waals surface area contributed by atoms with Crippen molar-refractivity contribution in [3.8, 4) is 0 Å². The Morgan fingerprint density at radius 2 is 2.05 bits per heavy atom. The van der Waals surface area contributed by atoms with Crippen LogP contribution in [0.15, 0.2) is 24.3 Å². The number of nitrogens with zero attached hydrogens (tertiary/aromatic N) is 1. The summed E-state index contributed by atoms with van der Waals surface area (Å²) < 4.78 is 5.45. The second-order valence-corrected chi connectivity index (χ2v) is 6.08. The Balaban J connectivity index is 2.23. The third kappa shape index (κ3) is 3.18. The Hall–Kier alpha value is -1.84. The van der Waals surface area contributed by atoms with Gasteiger partial charge >= 0.3 is 6.09 Å². The molecule has 1 heterocycles. The zero-order valence-corrected chi connectivity index (χ0v) is 12.3. The second kappa shape index (κ2) is 5.65. The van der Waals surface area contributed by atoms with Crippen LogP contribution in [0.1, 0.15) is 55.6 Å². The lowest BCUT2D eigenvalue weighted by atomic mass is 9.99. The topological polar surface area (TPSA) is 46.6 Å². The highest BCUT2D eigenvalue weighted by Crippen LogP contribution is 2.34. The molecule has 4 heteroatoms. The SMILES string of the molecule is CC(C)(C)OC(=O)N1CCCC1c1ccccc1C=O. The fourth-order valence-corrected chi connectivity index (χ4v) is 2.55. The smallest absolute Gasteiger partial charge is 0.410 e. The van der Waals surface area contributed by atoms with Crippen molar-refractivity contribution in [1.29, 1.82) is 0 Å². The van der Waals surface area contributed by atoms with Gasteiger partial charge in [0.15, 0.2) is 0 Å². The van der Waals surface area contributed by atoms with Gasteiger partial charge in [-0.05, 0) is 39.2 Å². The van der Waals surface area contributed by atoms with Crippen molar-refractivity contribution in [2.75, 3.05) is 6.54 Å². The number of ether oxygens (including phenoxy) is 1. The van der Waals surface area contributed by atoms with Gasteiger partial charge in [-0.2, -0.15) is 0 Å². The number of benzene rings is 1. The first-order chi connectivity index (χ1) is 9.42. The molecule has 0 aromatic heterocycles. The van der Waals surface area contributed by atoms with E-state index in [9.17, 15) is 9.59 Å². The number of rotatable bonds is 2. The molecule has 1 unspecified atom stereocenters. The zero-order valence-electron chi connectivity index (χ0n) is 12.3. The van der Waals surface area contributed by atoms with E-state index in [0.717, 1.165) is 24.7 Å². The molecular weight excluding hydrogens is 254 g/mol. The van der Waals surface area contributed by atoms with Crippen molar-refractivity contribution in [2.24, 2.45) is 0 Å². The zero-order chi connectivity index (χ0) is 14.8. The summed E-state index contributed by atoms with van der Waals surface area (Å²) in [5.74, 6) is 0. The van der Waals surface area contributed by atoms with Gasteiger partial charge in [0.1, 0.15) is 11.9 Å². The first-order valence-corrected chi connectivity index (χ1v) is 6.96. The minimum absolute atomic E-state index is 0.0637. The summed E-state index contributed by atoms with van der Waals surface area (Å²) in [5.41, 5.74) is 1.05. The third-order valence-electron chi connectivity index (χ3n) is 3.36. The van der Waals surface area contributed by atoms with Crippen LogP contribution in [0.5, 0.6) is 0 Å². The average molecular weight is 275 g/mol. The molecule has 1 saturated heterocycles. The largest absolute Gasteiger partial charge is 0.444 e. The lowest BCUT2D eigenvalue weighted by molar-refractivity contribution is 0.0223.